The van der Waals surface area contributed by atoms with Crippen LogP contribution >= 0.6 is 0 Å². The number of rotatable bonds is 5. The highest BCUT2D eigenvalue weighted by Crippen LogP contribution is 2.30. The molecule has 5 rings (SSSR count). The first-order valence-electron chi connectivity index (χ1n) is 11.0. The molecule has 0 bridgehead atoms. The van der Waals surface area contributed by atoms with Crippen molar-refractivity contribution in [3.8, 4) is 11.1 Å². The predicted molar refractivity (Wildman–Crippen MR) is 126 cm³/mol. The van der Waals surface area contributed by atoms with Crippen LogP contribution in [-0.2, 0) is 16.2 Å². The third-order valence-electron chi connectivity index (χ3n) is 5.99. The number of nitrogens with one attached hydrogen (secondary N) is 1. The number of fused-ring (bicyclic) bond motifs is 1. The Kier molecular flexibility index (Phi) is 6.04. The number of anilines is 2. The molecule has 4 heterocycles. The first kappa shape index (κ1) is 24.0. The van der Waals surface area contributed by atoms with Gasteiger partial charge in [-0.05, 0) is 48.7 Å². The van der Waals surface area contributed by atoms with Crippen molar-refractivity contribution in [2.75, 3.05) is 24.1 Å². The molecule has 0 amide bonds. The lowest BCUT2D eigenvalue weighted by atomic mass is 10.1. The normalized spacial score (nSPS) is 15.9. The molecule has 1 aliphatic heterocycles. The summed E-state index contributed by atoms with van der Waals surface area (Å²) in [5, 5.41) is 3.09. The second-order valence-corrected chi connectivity index (χ2v) is 10.3. The standard InChI is InChI=1S/C23H21F3N6O3S/c24-23(25,26)16-3-6-20(28-13-16)30-17-7-9-32(10-8-17)36(33,34)18-4-1-14(2-5-18)15-11-19-21(29-12-15)31-22(27)35-19/h1-6,11-13,17H,7-10H2,(H,28,30)(H2,27,29,31). The lowest BCUT2D eigenvalue weighted by molar-refractivity contribution is -0.137. The van der Waals surface area contributed by atoms with Gasteiger partial charge in [0.05, 0.1) is 10.5 Å². The van der Waals surface area contributed by atoms with Gasteiger partial charge in [0.2, 0.25) is 15.7 Å². The van der Waals surface area contributed by atoms with E-state index in [0.717, 1.165) is 23.4 Å². The second-order valence-electron chi connectivity index (χ2n) is 8.37. The van der Waals surface area contributed by atoms with Gasteiger partial charge in [-0.3, -0.25) is 0 Å². The molecule has 0 atom stereocenters. The highest BCUT2D eigenvalue weighted by Gasteiger charge is 2.32. The molecular formula is C23H21F3N6O3S. The third kappa shape index (κ3) is 4.84. The van der Waals surface area contributed by atoms with Crippen molar-refractivity contribution in [3.63, 3.8) is 0 Å². The van der Waals surface area contributed by atoms with Crippen LogP contribution in [0, 0.1) is 0 Å². The number of benzene rings is 1. The molecule has 0 aliphatic carbocycles. The number of hydrogen-bond donors (Lipinski definition) is 2. The van der Waals surface area contributed by atoms with E-state index in [1.807, 2.05) is 0 Å². The fraction of sp³-hybridized carbons (Fsp3) is 0.261. The number of pyridine rings is 2. The van der Waals surface area contributed by atoms with E-state index in [-0.39, 0.29) is 30.0 Å². The summed E-state index contributed by atoms with van der Waals surface area (Å²) in [5.74, 6) is 0.320. The van der Waals surface area contributed by atoms with E-state index in [9.17, 15) is 21.6 Å². The molecule has 188 valence electrons. The lowest BCUT2D eigenvalue weighted by Crippen LogP contribution is -2.42. The monoisotopic (exact) mass is 518 g/mol. The van der Waals surface area contributed by atoms with E-state index in [0.29, 0.717) is 29.9 Å². The number of halogens is 3. The Morgan fingerprint density at radius 2 is 1.72 bits per heavy atom. The van der Waals surface area contributed by atoms with E-state index in [2.05, 4.69) is 20.3 Å². The van der Waals surface area contributed by atoms with Crippen molar-refractivity contribution in [2.24, 2.45) is 0 Å². The first-order valence-corrected chi connectivity index (χ1v) is 12.5. The van der Waals surface area contributed by atoms with Crippen LogP contribution in [0.4, 0.5) is 25.0 Å². The quantitative estimate of drug-likeness (QED) is 0.403. The van der Waals surface area contributed by atoms with Gasteiger partial charge in [-0.1, -0.05) is 12.1 Å². The van der Waals surface area contributed by atoms with Crippen molar-refractivity contribution in [1.82, 2.24) is 19.3 Å². The van der Waals surface area contributed by atoms with Gasteiger partial charge in [0.25, 0.3) is 6.01 Å². The highest BCUT2D eigenvalue weighted by atomic mass is 32.2. The molecule has 9 nitrogen and oxygen atoms in total. The fourth-order valence-corrected chi connectivity index (χ4v) is 5.53. The van der Waals surface area contributed by atoms with E-state index in [1.165, 1.54) is 10.4 Å². The van der Waals surface area contributed by atoms with Crippen LogP contribution < -0.4 is 11.1 Å². The summed E-state index contributed by atoms with van der Waals surface area (Å²) in [7, 11) is -3.71. The summed E-state index contributed by atoms with van der Waals surface area (Å²) < 4.78 is 71.1. The number of aromatic nitrogens is 3. The zero-order valence-electron chi connectivity index (χ0n) is 18.7. The van der Waals surface area contributed by atoms with Crippen LogP contribution in [0.3, 0.4) is 0 Å². The number of alkyl halides is 3. The van der Waals surface area contributed by atoms with E-state index in [1.54, 1.807) is 36.5 Å². The summed E-state index contributed by atoms with van der Waals surface area (Å²) in [5.41, 5.74) is 7.04. The Morgan fingerprint density at radius 1 is 1.00 bits per heavy atom. The van der Waals surface area contributed by atoms with Crippen LogP contribution in [-0.4, -0.2) is 46.8 Å². The Balaban J connectivity index is 1.22. The largest absolute Gasteiger partial charge is 0.422 e. The number of sulfonamides is 1. The number of nitrogen functional groups attached to an aromatic ring is 1. The minimum atomic E-state index is -4.45. The van der Waals surface area contributed by atoms with Gasteiger partial charge in [-0.15, -0.1) is 0 Å². The molecule has 13 heteroatoms. The zero-order valence-corrected chi connectivity index (χ0v) is 19.6. The molecular weight excluding hydrogens is 497 g/mol. The zero-order chi connectivity index (χ0) is 25.5. The fourth-order valence-electron chi connectivity index (χ4n) is 4.06. The van der Waals surface area contributed by atoms with Gasteiger partial charge in [0.15, 0.2) is 5.58 Å². The summed E-state index contributed by atoms with van der Waals surface area (Å²) in [4.78, 5) is 12.1. The minimum absolute atomic E-state index is 0.0192. The molecule has 1 aromatic carbocycles. The van der Waals surface area contributed by atoms with Gasteiger partial charge in [0, 0.05) is 37.1 Å². The average molecular weight is 519 g/mol. The summed E-state index contributed by atoms with van der Waals surface area (Å²) in [6, 6.07) is 10.4. The summed E-state index contributed by atoms with van der Waals surface area (Å²) in [6.45, 7) is 0.547. The molecule has 0 saturated carbocycles. The van der Waals surface area contributed by atoms with Crippen LogP contribution in [0.1, 0.15) is 18.4 Å². The van der Waals surface area contributed by atoms with Crippen molar-refractivity contribution < 1.29 is 26.0 Å². The van der Waals surface area contributed by atoms with E-state index >= 15 is 0 Å². The maximum Gasteiger partial charge on any atom is 0.417 e. The van der Waals surface area contributed by atoms with Gasteiger partial charge in [-0.2, -0.15) is 22.5 Å². The van der Waals surface area contributed by atoms with Crippen LogP contribution in [0.2, 0.25) is 0 Å². The number of hydrogen-bond acceptors (Lipinski definition) is 8. The van der Waals surface area contributed by atoms with E-state index < -0.39 is 21.8 Å². The maximum absolute atomic E-state index is 13.1. The summed E-state index contributed by atoms with van der Waals surface area (Å²) >= 11 is 0. The smallest absolute Gasteiger partial charge is 0.417 e. The third-order valence-corrected chi connectivity index (χ3v) is 7.90. The van der Waals surface area contributed by atoms with Crippen molar-refractivity contribution in [2.45, 2.75) is 30.0 Å². The van der Waals surface area contributed by atoms with Crippen molar-refractivity contribution >= 4 is 33.1 Å². The molecule has 3 N–H and O–H groups in total. The second kappa shape index (κ2) is 9.06. The molecule has 1 fully saturated rings. The Morgan fingerprint density at radius 3 is 2.36 bits per heavy atom. The average Bonchev–Trinajstić information content (AvgIpc) is 3.23. The molecule has 1 saturated heterocycles. The Labute approximate surface area is 204 Å². The van der Waals surface area contributed by atoms with Crippen LogP contribution in [0.25, 0.3) is 22.4 Å². The number of nitrogens with zero attached hydrogens (tertiary/aromatic N) is 4. The number of piperidine rings is 1. The van der Waals surface area contributed by atoms with Gasteiger partial charge in [-0.25, -0.2) is 18.4 Å². The van der Waals surface area contributed by atoms with Crippen LogP contribution in [0.5, 0.6) is 0 Å². The van der Waals surface area contributed by atoms with Gasteiger partial charge < -0.3 is 15.5 Å². The molecule has 3 aromatic heterocycles. The molecule has 4 aromatic rings. The van der Waals surface area contributed by atoms with Crippen LogP contribution in [0.15, 0.2) is 64.2 Å². The van der Waals surface area contributed by atoms with Gasteiger partial charge >= 0.3 is 6.18 Å². The van der Waals surface area contributed by atoms with Crippen molar-refractivity contribution in [1.29, 1.82) is 0 Å². The number of oxazole rings is 1. The number of nitrogens with two attached hydrogens (primary N) is 1. The Bertz CT molecular complexity index is 1480. The molecule has 0 radical (unpaired) electrons. The molecule has 0 unspecified atom stereocenters. The molecule has 36 heavy (non-hydrogen) atoms. The lowest BCUT2D eigenvalue weighted by Gasteiger charge is -2.32. The SMILES string of the molecule is Nc1nc2ncc(-c3ccc(S(=O)(=O)N4CCC(Nc5ccc(C(F)(F)F)cn5)CC4)cc3)cc2o1. The Hall–Kier alpha value is -3.71. The topological polar surface area (TPSA) is 127 Å². The first-order chi connectivity index (χ1) is 17.1. The summed E-state index contributed by atoms with van der Waals surface area (Å²) in [6.07, 6.45) is -1.07. The van der Waals surface area contributed by atoms with Gasteiger partial charge in [0.1, 0.15) is 5.82 Å². The minimum Gasteiger partial charge on any atom is -0.422 e. The molecule has 0 spiro atoms. The predicted octanol–water partition coefficient (Wildman–Crippen LogP) is 4.15. The highest BCUT2D eigenvalue weighted by molar-refractivity contribution is 7.89. The molecule has 1 aliphatic rings. The maximum atomic E-state index is 13.1. The van der Waals surface area contributed by atoms with Crippen molar-refractivity contribution in [3.05, 3.63) is 60.4 Å². The van der Waals surface area contributed by atoms with E-state index in [4.69, 9.17) is 10.2 Å².